The third-order valence-corrected chi connectivity index (χ3v) is 4.13. The van der Waals surface area contributed by atoms with Gasteiger partial charge in [-0.2, -0.15) is 13.2 Å². The molecule has 0 atom stereocenters. The highest BCUT2D eigenvalue weighted by atomic mass is 19.4. The molecule has 3 rings (SSSR count). The Balaban J connectivity index is 1.83. The number of nitrogens with one attached hydrogen (secondary N) is 3. The third kappa shape index (κ3) is 4.78. The van der Waals surface area contributed by atoms with E-state index in [1.807, 2.05) is 42.5 Å². The van der Waals surface area contributed by atoms with Crippen molar-refractivity contribution in [3.63, 3.8) is 0 Å². The number of benzene rings is 2. The summed E-state index contributed by atoms with van der Waals surface area (Å²) in [5.41, 5.74) is 1.13. The zero-order valence-corrected chi connectivity index (χ0v) is 15.3. The minimum Gasteiger partial charge on any atom is -0.375 e. The van der Waals surface area contributed by atoms with Crippen molar-refractivity contribution in [3.05, 3.63) is 78.1 Å². The molecule has 2 aromatic carbocycles. The van der Waals surface area contributed by atoms with E-state index in [0.29, 0.717) is 11.6 Å². The van der Waals surface area contributed by atoms with Crippen LogP contribution in [0.4, 0.5) is 13.2 Å². The Hall–Kier alpha value is -3.68. The monoisotopic (exact) mass is 398 g/mol. The zero-order chi connectivity index (χ0) is 21.0. The number of halogens is 3. The Kier molecular flexibility index (Phi) is 5.63. The number of aromatic nitrogens is 1. The lowest BCUT2D eigenvalue weighted by atomic mass is 10.1. The Morgan fingerprint density at radius 1 is 1.07 bits per heavy atom. The lowest BCUT2D eigenvalue weighted by Gasteiger charge is -2.11. The fraction of sp³-hybridized carbons (Fsp3) is 0.0952. The summed E-state index contributed by atoms with van der Waals surface area (Å²) in [6.07, 6.45) is -4.27. The average molecular weight is 398 g/mol. The van der Waals surface area contributed by atoms with Crippen molar-refractivity contribution >= 4 is 22.5 Å². The summed E-state index contributed by atoms with van der Waals surface area (Å²) >= 11 is 0. The molecule has 1 aromatic heterocycles. The van der Waals surface area contributed by atoms with Crippen LogP contribution in [-0.4, -0.2) is 29.8 Å². The summed E-state index contributed by atoms with van der Waals surface area (Å²) < 4.78 is 37.6. The number of carbonyl (C=O) groups is 1. The molecule has 0 aliphatic rings. The first-order valence-corrected chi connectivity index (χ1v) is 8.61. The van der Waals surface area contributed by atoms with E-state index in [4.69, 9.17) is 5.41 Å². The van der Waals surface area contributed by atoms with Gasteiger partial charge >= 0.3 is 6.18 Å². The molecule has 0 aliphatic heterocycles. The second-order valence-electron chi connectivity index (χ2n) is 6.14. The van der Waals surface area contributed by atoms with E-state index in [1.54, 1.807) is 18.2 Å². The molecule has 0 saturated carbocycles. The summed E-state index contributed by atoms with van der Waals surface area (Å²) in [7, 11) is 1.35. The molecule has 3 aromatic rings. The highest BCUT2D eigenvalue weighted by Crippen LogP contribution is 2.22. The molecule has 0 bridgehead atoms. The van der Waals surface area contributed by atoms with Gasteiger partial charge in [0.2, 0.25) is 0 Å². The Morgan fingerprint density at radius 3 is 2.45 bits per heavy atom. The van der Waals surface area contributed by atoms with E-state index in [9.17, 15) is 18.0 Å². The first-order chi connectivity index (χ1) is 13.8. The molecule has 0 unspecified atom stereocenters. The van der Waals surface area contributed by atoms with Gasteiger partial charge in [0.25, 0.3) is 5.91 Å². The van der Waals surface area contributed by atoms with E-state index in [-0.39, 0.29) is 11.4 Å². The quantitative estimate of drug-likeness (QED) is 0.562. The van der Waals surface area contributed by atoms with Crippen LogP contribution in [0.3, 0.4) is 0 Å². The smallest absolute Gasteiger partial charge is 0.375 e. The highest BCUT2D eigenvalue weighted by Gasteiger charge is 2.33. The maximum Gasteiger partial charge on any atom is 0.432 e. The maximum absolute atomic E-state index is 12.5. The largest absolute Gasteiger partial charge is 0.432 e. The van der Waals surface area contributed by atoms with E-state index in [1.165, 1.54) is 7.05 Å². The fourth-order valence-corrected chi connectivity index (χ4v) is 2.63. The van der Waals surface area contributed by atoms with E-state index < -0.39 is 17.8 Å². The normalized spacial score (nSPS) is 11.9. The van der Waals surface area contributed by atoms with Crippen LogP contribution in [0.15, 0.2) is 72.6 Å². The number of rotatable bonds is 5. The van der Waals surface area contributed by atoms with Crippen molar-refractivity contribution in [3.8, 4) is 11.3 Å². The van der Waals surface area contributed by atoms with Crippen molar-refractivity contribution in [2.45, 2.75) is 6.18 Å². The summed E-state index contributed by atoms with van der Waals surface area (Å²) in [5.74, 6) is -0.829. The molecule has 0 spiro atoms. The van der Waals surface area contributed by atoms with Crippen LogP contribution < -0.4 is 10.6 Å². The van der Waals surface area contributed by atoms with Gasteiger partial charge in [0.1, 0.15) is 11.5 Å². The molecular weight excluding hydrogens is 381 g/mol. The van der Waals surface area contributed by atoms with Crippen molar-refractivity contribution in [2.75, 3.05) is 7.05 Å². The van der Waals surface area contributed by atoms with Gasteiger partial charge in [0.05, 0.1) is 11.2 Å². The number of carbonyl (C=O) groups excluding carboxylic acids is 1. The van der Waals surface area contributed by atoms with Crippen LogP contribution in [0.1, 0.15) is 10.4 Å². The lowest BCUT2D eigenvalue weighted by Crippen LogP contribution is -2.32. The van der Waals surface area contributed by atoms with Gasteiger partial charge in [-0.05, 0) is 24.3 Å². The van der Waals surface area contributed by atoms with Crippen LogP contribution in [0, 0.1) is 5.41 Å². The molecule has 148 valence electrons. The maximum atomic E-state index is 12.5. The molecular formula is C21H17F3N4O. The molecule has 0 saturated heterocycles. The number of fused-ring (bicyclic) bond motifs is 1. The Morgan fingerprint density at radius 2 is 1.79 bits per heavy atom. The third-order valence-electron chi connectivity index (χ3n) is 4.13. The molecule has 3 N–H and O–H groups in total. The number of amides is 1. The van der Waals surface area contributed by atoms with Crippen LogP contribution in [-0.2, 0) is 0 Å². The average Bonchev–Trinajstić information content (AvgIpc) is 2.72. The molecule has 0 aliphatic carbocycles. The van der Waals surface area contributed by atoms with Crippen molar-refractivity contribution in [1.29, 1.82) is 5.41 Å². The molecule has 0 fully saturated rings. The van der Waals surface area contributed by atoms with Gasteiger partial charge in [0, 0.05) is 29.6 Å². The summed E-state index contributed by atoms with van der Waals surface area (Å²) in [5, 5.41) is 12.5. The number of hydrogen-bond donors (Lipinski definition) is 3. The highest BCUT2D eigenvalue weighted by molar-refractivity contribution is 6.01. The molecule has 1 amide bonds. The minimum atomic E-state index is -4.79. The Labute approximate surface area is 164 Å². The van der Waals surface area contributed by atoms with E-state index >= 15 is 0 Å². The first kappa shape index (κ1) is 20.1. The second-order valence-corrected chi connectivity index (χ2v) is 6.14. The minimum absolute atomic E-state index is 0.227. The van der Waals surface area contributed by atoms with Crippen LogP contribution in [0.2, 0.25) is 0 Å². The number of allylic oxidation sites excluding steroid dienone is 1. The number of hydrogen-bond acceptors (Lipinski definition) is 4. The number of pyridine rings is 1. The van der Waals surface area contributed by atoms with Gasteiger partial charge in [-0.3, -0.25) is 10.2 Å². The van der Waals surface area contributed by atoms with Gasteiger partial charge in [-0.25, -0.2) is 4.98 Å². The summed E-state index contributed by atoms with van der Waals surface area (Å²) in [6.45, 7) is 0. The fourth-order valence-electron chi connectivity index (χ4n) is 2.63. The number of nitrogens with zero attached hydrogens (tertiary/aromatic N) is 1. The molecule has 8 heteroatoms. The predicted octanol–water partition coefficient (Wildman–Crippen LogP) is 4.27. The molecule has 0 radical (unpaired) electrons. The standard InChI is InChI=1S/C21H17F3N4O/c1-26-19(12-18(25)21(22,23)24)28-20(29)15-8-10-17-14(11-15)7-9-16(27-17)13-5-3-2-4-6-13/h2-12,25-26H,1H3,(H,28,29)/b19-12+,25-18?. The molecule has 1 heterocycles. The van der Waals surface area contributed by atoms with E-state index in [2.05, 4.69) is 15.6 Å². The van der Waals surface area contributed by atoms with Crippen molar-refractivity contribution < 1.29 is 18.0 Å². The summed E-state index contributed by atoms with van der Waals surface area (Å²) in [6, 6.07) is 18.1. The molecule has 5 nitrogen and oxygen atoms in total. The zero-order valence-electron chi connectivity index (χ0n) is 15.3. The van der Waals surface area contributed by atoms with Crippen LogP contribution >= 0.6 is 0 Å². The first-order valence-electron chi connectivity index (χ1n) is 8.61. The van der Waals surface area contributed by atoms with Crippen LogP contribution in [0.25, 0.3) is 22.2 Å². The second kappa shape index (κ2) is 8.14. The van der Waals surface area contributed by atoms with Crippen molar-refractivity contribution in [2.24, 2.45) is 0 Å². The van der Waals surface area contributed by atoms with Crippen LogP contribution in [0.5, 0.6) is 0 Å². The predicted molar refractivity (Wildman–Crippen MR) is 106 cm³/mol. The van der Waals surface area contributed by atoms with Gasteiger partial charge in [-0.15, -0.1) is 0 Å². The van der Waals surface area contributed by atoms with E-state index in [0.717, 1.165) is 16.6 Å². The molecule has 29 heavy (non-hydrogen) atoms. The SMILES string of the molecule is CN/C(=C\C(=N)C(F)(F)F)NC(=O)c1ccc2nc(-c3ccccc3)ccc2c1. The van der Waals surface area contributed by atoms with Gasteiger partial charge in [-0.1, -0.05) is 36.4 Å². The van der Waals surface area contributed by atoms with Crippen molar-refractivity contribution in [1.82, 2.24) is 15.6 Å². The van der Waals surface area contributed by atoms with Gasteiger partial charge in [0.15, 0.2) is 0 Å². The van der Waals surface area contributed by atoms with Gasteiger partial charge < -0.3 is 10.6 Å². The summed E-state index contributed by atoms with van der Waals surface area (Å²) in [4.78, 5) is 17.0. The lowest BCUT2D eigenvalue weighted by molar-refractivity contribution is -0.0584. The topological polar surface area (TPSA) is 77.9 Å². The Bertz CT molecular complexity index is 1090. The number of alkyl halides is 3.